The van der Waals surface area contributed by atoms with Gasteiger partial charge in [0.05, 0.1) is 25.5 Å². The van der Waals surface area contributed by atoms with Crippen molar-refractivity contribution in [2.75, 3.05) is 7.11 Å². The van der Waals surface area contributed by atoms with E-state index in [4.69, 9.17) is 14.1 Å². The Kier molecular flexibility index (Phi) is 6.51. The van der Waals surface area contributed by atoms with E-state index >= 15 is 0 Å². The summed E-state index contributed by atoms with van der Waals surface area (Å²) >= 11 is 1.65. The van der Waals surface area contributed by atoms with Gasteiger partial charge in [-0.05, 0) is 78.1 Å². The molecule has 1 amide bonds. The number of furan rings is 1. The third-order valence-electron chi connectivity index (χ3n) is 6.15. The molecular formula is C26H30N2O3S. The number of aliphatic imine (C=N–C) groups is 1. The highest BCUT2D eigenvalue weighted by molar-refractivity contribution is 7.16. The topological polar surface area (TPSA) is 63.8 Å². The first-order valence-electron chi connectivity index (χ1n) is 11.0. The Balaban J connectivity index is 1.63. The lowest BCUT2D eigenvalue weighted by Crippen LogP contribution is -2.28. The van der Waals surface area contributed by atoms with Gasteiger partial charge in [-0.1, -0.05) is 20.8 Å². The van der Waals surface area contributed by atoms with Crippen molar-refractivity contribution in [3.8, 4) is 5.75 Å². The maximum absolute atomic E-state index is 13.2. The quantitative estimate of drug-likeness (QED) is 0.456. The number of benzene rings is 1. The molecule has 1 atom stereocenters. The number of hydrogen-bond acceptors (Lipinski definition) is 5. The number of carbonyl (C=O) groups is 1. The molecule has 4 rings (SSSR count). The number of hydrogen-bond donors (Lipinski definition) is 1. The molecule has 0 unspecified atom stereocenters. The molecule has 32 heavy (non-hydrogen) atoms. The molecule has 1 aromatic carbocycles. The van der Waals surface area contributed by atoms with Crippen molar-refractivity contribution >= 4 is 28.5 Å². The van der Waals surface area contributed by atoms with E-state index in [1.807, 2.05) is 42.6 Å². The molecule has 5 nitrogen and oxygen atoms in total. The highest BCUT2D eigenvalue weighted by Crippen LogP contribution is 2.45. The van der Waals surface area contributed by atoms with Crippen molar-refractivity contribution < 1.29 is 13.9 Å². The van der Waals surface area contributed by atoms with Crippen molar-refractivity contribution in [3.05, 3.63) is 70.0 Å². The molecular weight excluding hydrogens is 420 g/mol. The average molecular weight is 451 g/mol. The van der Waals surface area contributed by atoms with E-state index in [1.165, 1.54) is 4.88 Å². The highest BCUT2D eigenvalue weighted by atomic mass is 32.1. The number of nitrogens with zero attached hydrogens (tertiary/aromatic N) is 1. The van der Waals surface area contributed by atoms with E-state index in [2.05, 4.69) is 26.1 Å². The number of rotatable bonds is 6. The fourth-order valence-corrected chi connectivity index (χ4v) is 5.40. The number of carbonyl (C=O) groups excluding carboxylic acids is 1. The Morgan fingerprint density at radius 1 is 1.28 bits per heavy atom. The molecule has 0 saturated heterocycles. The van der Waals surface area contributed by atoms with Crippen LogP contribution in [0.5, 0.6) is 5.75 Å². The van der Waals surface area contributed by atoms with Gasteiger partial charge >= 0.3 is 0 Å². The predicted octanol–water partition coefficient (Wildman–Crippen LogP) is 6.18. The first-order valence-corrected chi connectivity index (χ1v) is 11.8. The van der Waals surface area contributed by atoms with Gasteiger partial charge in [-0.15, -0.1) is 11.3 Å². The molecule has 0 saturated carbocycles. The molecule has 168 valence electrons. The van der Waals surface area contributed by atoms with Gasteiger partial charge in [0.2, 0.25) is 0 Å². The van der Waals surface area contributed by atoms with Gasteiger partial charge in [0.15, 0.2) is 0 Å². The van der Waals surface area contributed by atoms with Gasteiger partial charge in [-0.3, -0.25) is 4.79 Å². The summed E-state index contributed by atoms with van der Waals surface area (Å²) in [5.41, 5.74) is 3.09. The second kappa shape index (κ2) is 9.33. The van der Waals surface area contributed by atoms with Crippen LogP contribution in [0.4, 0.5) is 5.00 Å². The van der Waals surface area contributed by atoms with Crippen LogP contribution in [0, 0.1) is 11.3 Å². The summed E-state index contributed by atoms with van der Waals surface area (Å²) in [4.78, 5) is 19.3. The lowest BCUT2D eigenvalue weighted by Gasteiger charge is -2.33. The number of amides is 1. The Morgan fingerprint density at radius 2 is 2.06 bits per heavy atom. The van der Waals surface area contributed by atoms with Crippen molar-refractivity contribution in [3.63, 3.8) is 0 Å². The molecule has 1 aliphatic rings. The average Bonchev–Trinajstić information content (AvgIpc) is 3.42. The highest BCUT2D eigenvalue weighted by Gasteiger charge is 2.33. The van der Waals surface area contributed by atoms with Crippen LogP contribution in [0.25, 0.3) is 0 Å². The van der Waals surface area contributed by atoms with E-state index in [0.717, 1.165) is 46.9 Å². The summed E-state index contributed by atoms with van der Waals surface area (Å²) < 4.78 is 10.6. The van der Waals surface area contributed by atoms with E-state index in [0.29, 0.717) is 18.0 Å². The number of nitrogens with one attached hydrogen (secondary N) is 1. The van der Waals surface area contributed by atoms with E-state index < -0.39 is 0 Å². The molecule has 2 aromatic heterocycles. The van der Waals surface area contributed by atoms with Crippen LogP contribution >= 0.6 is 11.3 Å². The second-order valence-corrected chi connectivity index (χ2v) is 10.4. The zero-order valence-corrected chi connectivity index (χ0v) is 19.9. The Bertz CT molecular complexity index is 1090. The summed E-state index contributed by atoms with van der Waals surface area (Å²) in [7, 11) is 1.65. The minimum absolute atomic E-state index is 0.0880. The van der Waals surface area contributed by atoms with E-state index in [-0.39, 0.29) is 11.3 Å². The molecule has 0 aliphatic heterocycles. The van der Waals surface area contributed by atoms with Crippen LogP contribution in [-0.4, -0.2) is 19.2 Å². The lowest BCUT2D eigenvalue weighted by molar-refractivity contribution is 0.0947. The molecule has 0 spiro atoms. The maximum atomic E-state index is 13.2. The molecule has 1 aliphatic carbocycles. The van der Waals surface area contributed by atoms with Crippen LogP contribution in [0.3, 0.4) is 0 Å². The summed E-state index contributed by atoms with van der Waals surface area (Å²) in [5, 5.41) is 3.79. The SMILES string of the molecule is COc1ccc(C=Nc2sc3c(c2C(=O)NCc2ccco2)CC[C@@H](C(C)(C)C)C3)cc1. The van der Waals surface area contributed by atoms with Gasteiger partial charge in [-0.25, -0.2) is 4.99 Å². The normalized spacial score (nSPS) is 16.2. The first-order chi connectivity index (χ1) is 15.3. The molecule has 1 N–H and O–H groups in total. The minimum Gasteiger partial charge on any atom is -0.497 e. The Morgan fingerprint density at radius 3 is 2.72 bits per heavy atom. The summed E-state index contributed by atoms with van der Waals surface area (Å²) in [6.45, 7) is 7.27. The first kappa shape index (κ1) is 22.3. The van der Waals surface area contributed by atoms with Crippen LogP contribution < -0.4 is 10.1 Å². The number of thiophene rings is 1. The van der Waals surface area contributed by atoms with Gasteiger partial charge in [-0.2, -0.15) is 0 Å². The fraction of sp³-hybridized carbons (Fsp3) is 0.385. The molecule has 3 aromatic rings. The summed E-state index contributed by atoms with van der Waals surface area (Å²) in [6.07, 6.45) is 6.44. The van der Waals surface area contributed by atoms with Crippen molar-refractivity contribution in [1.29, 1.82) is 0 Å². The second-order valence-electron chi connectivity index (χ2n) is 9.28. The van der Waals surface area contributed by atoms with Crippen LogP contribution in [-0.2, 0) is 19.4 Å². The minimum atomic E-state index is -0.0880. The van der Waals surface area contributed by atoms with Gasteiger partial charge in [0.25, 0.3) is 5.91 Å². The number of methoxy groups -OCH3 is 1. The molecule has 0 radical (unpaired) electrons. The number of fused-ring (bicyclic) bond motifs is 1. The van der Waals surface area contributed by atoms with Gasteiger partial charge < -0.3 is 14.5 Å². The monoisotopic (exact) mass is 450 g/mol. The molecule has 0 fully saturated rings. The molecule has 0 bridgehead atoms. The van der Waals surface area contributed by atoms with Crippen molar-refractivity contribution in [2.45, 2.75) is 46.6 Å². The number of ether oxygens (including phenoxy) is 1. The Labute approximate surface area is 193 Å². The Hall–Kier alpha value is -2.86. The smallest absolute Gasteiger partial charge is 0.255 e. The summed E-state index contributed by atoms with van der Waals surface area (Å²) in [6, 6.07) is 11.4. The zero-order valence-electron chi connectivity index (χ0n) is 19.1. The van der Waals surface area contributed by atoms with Gasteiger partial charge in [0, 0.05) is 11.1 Å². The van der Waals surface area contributed by atoms with Gasteiger partial charge in [0.1, 0.15) is 16.5 Å². The lowest BCUT2D eigenvalue weighted by atomic mass is 9.72. The van der Waals surface area contributed by atoms with Crippen LogP contribution in [0.1, 0.15) is 59.3 Å². The summed E-state index contributed by atoms with van der Waals surface area (Å²) in [5.74, 6) is 2.06. The zero-order chi connectivity index (χ0) is 22.7. The largest absolute Gasteiger partial charge is 0.497 e. The predicted molar refractivity (Wildman–Crippen MR) is 129 cm³/mol. The molecule has 6 heteroatoms. The fourth-order valence-electron chi connectivity index (χ4n) is 4.13. The molecule has 2 heterocycles. The third kappa shape index (κ3) is 4.96. The van der Waals surface area contributed by atoms with E-state index in [9.17, 15) is 4.79 Å². The van der Waals surface area contributed by atoms with Crippen molar-refractivity contribution in [2.24, 2.45) is 16.3 Å². The van der Waals surface area contributed by atoms with Crippen LogP contribution in [0.2, 0.25) is 0 Å². The van der Waals surface area contributed by atoms with Crippen LogP contribution in [0.15, 0.2) is 52.1 Å². The van der Waals surface area contributed by atoms with Crippen molar-refractivity contribution in [1.82, 2.24) is 5.32 Å². The maximum Gasteiger partial charge on any atom is 0.255 e. The third-order valence-corrected chi connectivity index (χ3v) is 7.31. The standard InChI is InChI=1S/C26H30N2O3S/c1-26(2,3)18-9-12-21-22(14-18)32-25(28-15-17-7-10-19(30-4)11-8-17)23(21)24(29)27-16-20-6-5-13-31-20/h5-8,10-11,13,15,18H,9,12,14,16H2,1-4H3,(H,27,29)/t18-/m1/s1. The van der Waals surface area contributed by atoms with E-state index in [1.54, 1.807) is 24.7 Å².